The zero-order chi connectivity index (χ0) is 59.5. The number of carbonyl (C=O) groups is 10. The van der Waals surface area contributed by atoms with Gasteiger partial charge in [-0.05, 0) is 64.2 Å². The molecule has 1 saturated carbocycles. The van der Waals surface area contributed by atoms with E-state index in [1.54, 1.807) is 27.7 Å². The summed E-state index contributed by atoms with van der Waals surface area (Å²) in [6.45, 7) is 9.33. The summed E-state index contributed by atoms with van der Waals surface area (Å²) in [5.41, 5.74) is 22.8. The first-order valence-corrected chi connectivity index (χ1v) is 26.9. The van der Waals surface area contributed by atoms with Gasteiger partial charge < -0.3 is 90.7 Å². The van der Waals surface area contributed by atoms with Crippen molar-refractivity contribution in [2.45, 2.75) is 180 Å². The van der Waals surface area contributed by atoms with Crippen LogP contribution in [0.4, 0.5) is 0 Å². The van der Waals surface area contributed by atoms with Crippen molar-refractivity contribution in [2.24, 2.45) is 45.7 Å². The van der Waals surface area contributed by atoms with Gasteiger partial charge in [0.15, 0.2) is 5.96 Å². The van der Waals surface area contributed by atoms with Crippen LogP contribution < -0.4 is 65.5 Å². The molecule has 0 aromatic carbocycles. The Kier molecular flexibility index (Phi) is 30.0. The molecule has 0 radical (unpaired) electrons. The predicted molar refractivity (Wildman–Crippen MR) is 289 cm³/mol. The molecular weight excluding hydrogens is 1030 g/mol. The fraction of sp³-hybridized carbons (Fsp3) is 0.720. The number of aromatic amines is 1. The molecular formula is C50H88N16O13. The minimum atomic E-state index is -1.81. The van der Waals surface area contributed by atoms with Crippen LogP contribution in [0.15, 0.2) is 17.5 Å². The lowest BCUT2D eigenvalue weighted by Gasteiger charge is -2.30. The van der Waals surface area contributed by atoms with Crippen LogP contribution in [0.5, 0.6) is 0 Å². The predicted octanol–water partition coefficient (Wildman–Crippen LogP) is -4.44. The highest BCUT2D eigenvalue weighted by atomic mass is 16.4. The summed E-state index contributed by atoms with van der Waals surface area (Å²) < 4.78 is 0. The van der Waals surface area contributed by atoms with Gasteiger partial charge in [-0.25, -0.2) is 9.78 Å². The number of imidazole rings is 1. The Balaban J connectivity index is 2.25. The van der Waals surface area contributed by atoms with Gasteiger partial charge in [0.05, 0.1) is 37.7 Å². The average Bonchev–Trinajstić information content (AvgIpc) is 3.91. The standard InChI is InChI=1S/C50H88N16O13/c1-8-27(4)39(47(76)62-36(49(78)79)19-26(2)3)63-37(69)24-66(18-16-51)38(70)23-57-46(75)40(29(6)67)65-48(77)41(30(7)68)64-45(74)35(21-32-22-55-25-58-32)61-44(73)34(20-31-13-10-9-11-14-31)60-42(71)28(5)59-43(72)33(52)15-12-17-56-50(53)54/h22,25-31,33-36,39-41,67-68H,8-21,23-24,51-52H2,1-7H3,(H,55,58)(H,57,75)(H,59,72)(H,60,71)(H,61,73)(H,62,76)(H,63,69)(H,64,74)(H,65,77)(H,78,79)(H4,53,54,56)/t27?,28-,29+,30+,33-,34-,35-,36+,39-,40-,41-/m0/s1. The second-order valence-corrected chi connectivity index (χ2v) is 20.7. The molecule has 1 aromatic rings. The topological polar surface area (TPSA) is 476 Å². The highest BCUT2D eigenvalue weighted by Gasteiger charge is 2.37. The molecule has 1 heterocycles. The van der Waals surface area contributed by atoms with Crippen LogP contribution >= 0.6 is 0 Å². The number of carboxylic acids is 1. The first kappa shape index (κ1) is 68.1. The quantitative estimate of drug-likeness (QED) is 0.0173. The van der Waals surface area contributed by atoms with Crippen molar-refractivity contribution in [3.05, 3.63) is 18.2 Å². The van der Waals surface area contributed by atoms with Gasteiger partial charge in [0.25, 0.3) is 0 Å². The summed E-state index contributed by atoms with van der Waals surface area (Å²) in [5.74, 6) is -9.52. The fourth-order valence-corrected chi connectivity index (χ4v) is 8.61. The van der Waals surface area contributed by atoms with Crippen LogP contribution in [-0.2, 0) is 54.4 Å². The van der Waals surface area contributed by atoms with Crippen molar-refractivity contribution in [1.82, 2.24) is 57.4 Å². The number of aliphatic hydroxyl groups is 2. The molecule has 20 N–H and O–H groups in total. The van der Waals surface area contributed by atoms with Gasteiger partial charge in [0.1, 0.15) is 42.3 Å². The maximum absolute atomic E-state index is 14.3. The second-order valence-electron chi connectivity index (χ2n) is 20.7. The fourth-order valence-electron chi connectivity index (χ4n) is 8.61. The van der Waals surface area contributed by atoms with Gasteiger partial charge in [-0.3, -0.25) is 48.1 Å². The minimum absolute atomic E-state index is 0.0239. The Bertz CT molecular complexity index is 2190. The maximum Gasteiger partial charge on any atom is 0.326 e. The molecule has 29 nitrogen and oxygen atoms in total. The minimum Gasteiger partial charge on any atom is -0.480 e. The van der Waals surface area contributed by atoms with E-state index in [1.165, 1.54) is 19.4 Å². The van der Waals surface area contributed by atoms with E-state index < -0.39 is 139 Å². The molecule has 0 bridgehead atoms. The van der Waals surface area contributed by atoms with Crippen molar-refractivity contribution < 1.29 is 63.3 Å². The first-order chi connectivity index (χ1) is 37.2. The van der Waals surface area contributed by atoms with Gasteiger partial charge in [-0.15, -0.1) is 0 Å². The number of aliphatic hydroxyl groups excluding tert-OH is 2. The lowest BCUT2D eigenvalue weighted by atomic mass is 9.84. The van der Waals surface area contributed by atoms with E-state index in [-0.39, 0.29) is 63.1 Å². The molecule has 11 atom stereocenters. The lowest BCUT2D eigenvalue weighted by molar-refractivity contribution is -0.143. The van der Waals surface area contributed by atoms with Crippen LogP contribution in [0.1, 0.15) is 118 Å². The third kappa shape index (κ3) is 24.7. The van der Waals surface area contributed by atoms with E-state index in [0.29, 0.717) is 18.5 Å². The molecule has 0 spiro atoms. The number of amides is 9. The molecule has 0 aliphatic heterocycles. The Labute approximate surface area is 460 Å². The van der Waals surface area contributed by atoms with E-state index >= 15 is 0 Å². The number of rotatable bonds is 35. The van der Waals surface area contributed by atoms with E-state index in [0.717, 1.165) is 50.9 Å². The lowest BCUT2D eigenvalue weighted by Crippen LogP contribution is -2.62. The molecule has 79 heavy (non-hydrogen) atoms. The van der Waals surface area contributed by atoms with Gasteiger partial charge >= 0.3 is 5.97 Å². The maximum atomic E-state index is 14.3. The molecule has 446 valence electrons. The normalized spacial score (nSPS) is 16.8. The molecule has 0 saturated heterocycles. The number of hydrogen-bond donors (Lipinski definition) is 16. The zero-order valence-electron chi connectivity index (χ0n) is 46.5. The van der Waals surface area contributed by atoms with Crippen molar-refractivity contribution >= 4 is 65.1 Å². The Hall–Kier alpha value is -6.98. The van der Waals surface area contributed by atoms with Crippen LogP contribution in [0.2, 0.25) is 0 Å². The summed E-state index contributed by atoms with van der Waals surface area (Å²) in [5, 5.41) is 51.2. The highest BCUT2D eigenvalue weighted by Crippen LogP contribution is 2.27. The molecule has 2 rings (SSSR count). The molecule has 1 unspecified atom stereocenters. The average molecular weight is 1120 g/mol. The molecule has 29 heteroatoms. The van der Waals surface area contributed by atoms with Crippen molar-refractivity contribution in [3.8, 4) is 0 Å². The Morgan fingerprint density at radius 3 is 1.89 bits per heavy atom. The number of H-pyrrole nitrogens is 1. The number of hydrogen-bond acceptors (Lipinski definition) is 16. The number of aliphatic carboxylic acids is 1. The van der Waals surface area contributed by atoms with Gasteiger partial charge in [0.2, 0.25) is 53.2 Å². The van der Waals surface area contributed by atoms with E-state index in [4.69, 9.17) is 22.9 Å². The molecule has 1 fully saturated rings. The Morgan fingerprint density at radius 2 is 1.33 bits per heavy atom. The summed E-state index contributed by atoms with van der Waals surface area (Å²) in [6.07, 6.45) is 4.94. The third-order valence-corrected chi connectivity index (χ3v) is 13.4. The van der Waals surface area contributed by atoms with Crippen LogP contribution in [0, 0.1) is 17.8 Å². The van der Waals surface area contributed by atoms with E-state index in [2.05, 4.69) is 57.5 Å². The number of carbonyl (C=O) groups excluding carboxylic acids is 9. The number of carboxylic acid groups (broad SMARTS) is 1. The third-order valence-electron chi connectivity index (χ3n) is 13.4. The number of aliphatic imine (C=N–C) groups is 1. The second kappa shape index (κ2) is 34.8. The SMILES string of the molecule is CCC(C)[C@H](NC(=O)CN(CCN)C(=O)CNC(=O)[C@@H](NC(=O)[C@@H](NC(=O)[C@H](Cc1cnc[nH]1)NC(=O)[C@H](CC1CCCCC1)NC(=O)[C@H](C)NC(=O)[C@@H](N)CCCN=C(N)N)[C@@H](C)O)[C@@H](C)O)C(=O)N[C@H](CC(C)C)C(=O)O. The van der Waals surface area contributed by atoms with E-state index in [9.17, 15) is 63.3 Å². The summed E-state index contributed by atoms with van der Waals surface area (Å²) >= 11 is 0. The van der Waals surface area contributed by atoms with Crippen LogP contribution in [-0.4, -0.2) is 189 Å². The summed E-state index contributed by atoms with van der Waals surface area (Å²) in [7, 11) is 0. The molecule has 1 aliphatic rings. The van der Waals surface area contributed by atoms with Crippen molar-refractivity contribution in [2.75, 3.05) is 32.7 Å². The number of nitrogens with zero attached hydrogens (tertiary/aromatic N) is 3. The van der Waals surface area contributed by atoms with Gasteiger partial charge in [-0.2, -0.15) is 0 Å². The molecule has 9 amide bonds. The summed E-state index contributed by atoms with van der Waals surface area (Å²) in [4.78, 5) is 146. The highest BCUT2D eigenvalue weighted by molar-refractivity contribution is 5.98. The Morgan fingerprint density at radius 1 is 0.747 bits per heavy atom. The largest absolute Gasteiger partial charge is 0.480 e. The van der Waals surface area contributed by atoms with E-state index in [1.807, 2.05) is 0 Å². The van der Waals surface area contributed by atoms with Crippen LogP contribution in [0.25, 0.3) is 0 Å². The smallest absolute Gasteiger partial charge is 0.326 e. The zero-order valence-corrected chi connectivity index (χ0v) is 46.5. The van der Waals surface area contributed by atoms with Crippen molar-refractivity contribution in [1.29, 1.82) is 0 Å². The molecule has 1 aromatic heterocycles. The first-order valence-electron chi connectivity index (χ1n) is 26.9. The number of aromatic nitrogens is 2. The number of nitrogens with one attached hydrogen (secondary N) is 9. The number of guanidine groups is 1. The summed E-state index contributed by atoms with van der Waals surface area (Å²) in [6, 6.07) is -10.8. The molecule has 1 aliphatic carbocycles. The number of nitrogens with two attached hydrogens (primary N) is 4. The monoisotopic (exact) mass is 1120 g/mol. The van der Waals surface area contributed by atoms with Gasteiger partial charge in [0, 0.05) is 37.9 Å². The van der Waals surface area contributed by atoms with Crippen LogP contribution in [0.3, 0.4) is 0 Å². The van der Waals surface area contributed by atoms with Crippen molar-refractivity contribution in [3.63, 3.8) is 0 Å². The van der Waals surface area contributed by atoms with Gasteiger partial charge in [-0.1, -0.05) is 66.2 Å².